The minimum Gasteiger partial charge on any atom is -0.345 e. The third-order valence-corrected chi connectivity index (χ3v) is 5.85. The minimum absolute atomic E-state index is 0.0566. The Balaban J connectivity index is 1.53. The monoisotopic (exact) mass is 418 g/mol. The number of halogens is 3. The molecule has 0 aliphatic carbocycles. The highest BCUT2D eigenvalue weighted by Gasteiger charge is 2.37. The number of carbonyl (C=O) groups is 1. The molecule has 4 aromatic rings. The molecule has 1 amide bonds. The van der Waals surface area contributed by atoms with E-state index in [0.29, 0.717) is 4.83 Å². The summed E-state index contributed by atoms with van der Waals surface area (Å²) in [5.74, 6) is -0.415. The molecule has 0 spiro atoms. The molecule has 0 aliphatic rings. The molecular formula is C20H17F3N4OS. The lowest BCUT2D eigenvalue weighted by atomic mass is 10.1. The van der Waals surface area contributed by atoms with Crippen LogP contribution in [0.1, 0.15) is 33.9 Å². The van der Waals surface area contributed by atoms with E-state index in [4.69, 9.17) is 0 Å². The molecule has 9 heteroatoms. The SMILES string of the molecule is C[C@@H](NC(=O)c1cc2c(C(F)(F)F)nn(C)c2s1)c1ccc(-n2cccc2)cc1. The quantitative estimate of drug-likeness (QED) is 0.511. The zero-order chi connectivity index (χ0) is 20.8. The molecule has 0 saturated heterocycles. The number of benzene rings is 1. The second kappa shape index (κ2) is 7.07. The van der Waals surface area contributed by atoms with Crippen molar-refractivity contribution >= 4 is 27.5 Å². The van der Waals surface area contributed by atoms with Gasteiger partial charge in [0.25, 0.3) is 5.91 Å². The second-order valence-electron chi connectivity index (χ2n) is 6.68. The summed E-state index contributed by atoms with van der Waals surface area (Å²) in [5, 5.41) is 6.32. The summed E-state index contributed by atoms with van der Waals surface area (Å²) in [6, 6.07) is 12.5. The molecule has 1 atom stereocenters. The van der Waals surface area contributed by atoms with Gasteiger partial charge in [-0.1, -0.05) is 12.1 Å². The third kappa shape index (κ3) is 3.65. The van der Waals surface area contributed by atoms with Crippen molar-refractivity contribution in [3.8, 4) is 5.69 Å². The number of aromatic nitrogens is 3. The highest BCUT2D eigenvalue weighted by molar-refractivity contribution is 7.20. The average molecular weight is 418 g/mol. The fourth-order valence-corrected chi connectivity index (χ4v) is 4.13. The van der Waals surface area contributed by atoms with E-state index in [0.717, 1.165) is 27.3 Å². The Bertz CT molecular complexity index is 1160. The third-order valence-electron chi connectivity index (χ3n) is 4.65. The first-order chi connectivity index (χ1) is 13.7. The Labute approximate surface area is 168 Å². The number of aryl methyl sites for hydroxylation is 1. The van der Waals surface area contributed by atoms with Crippen LogP contribution in [-0.4, -0.2) is 20.3 Å². The topological polar surface area (TPSA) is 51.9 Å². The van der Waals surface area contributed by atoms with Gasteiger partial charge < -0.3 is 9.88 Å². The number of nitrogens with zero attached hydrogens (tertiary/aromatic N) is 3. The van der Waals surface area contributed by atoms with Gasteiger partial charge in [-0.2, -0.15) is 18.3 Å². The first-order valence-electron chi connectivity index (χ1n) is 8.82. The molecule has 4 rings (SSSR count). The molecule has 0 saturated carbocycles. The molecule has 1 aromatic carbocycles. The fraction of sp³-hybridized carbons (Fsp3) is 0.200. The lowest BCUT2D eigenvalue weighted by Gasteiger charge is -2.14. The summed E-state index contributed by atoms with van der Waals surface area (Å²) in [4.78, 5) is 13.1. The summed E-state index contributed by atoms with van der Waals surface area (Å²) in [6.07, 6.45) is -0.694. The van der Waals surface area contributed by atoms with E-state index in [9.17, 15) is 18.0 Å². The van der Waals surface area contributed by atoms with Crippen molar-refractivity contribution in [2.24, 2.45) is 7.05 Å². The van der Waals surface area contributed by atoms with Gasteiger partial charge in [-0.3, -0.25) is 9.48 Å². The van der Waals surface area contributed by atoms with E-state index in [-0.39, 0.29) is 16.3 Å². The number of thiophene rings is 1. The lowest BCUT2D eigenvalue weighted by Crippen LogP contribution is -2.25. The van der Waals surface area contributed by atoms with Crippen molar-refractivity contribution in [3.63, 3.8) is 0 Å². The van der Waals surface area contributed by atoms with E-state index in [1.807, 2.05) is 60.3 Å². The van der Waals surface area contributed by atoms with Gasteiger partial charge in [-0.15, -0.1) is 11.3 Å². The van der Waals surface area contributed by atoms with Gasteiger partial charge in [0.05, 0.1) is 10.9 Å². The predicted molar refractivity (Wildman–Crippen MR) is 105 cm³/mol. The predicted octanol–water partition coefficient (Wildman–Crippen LogP) is 4.94. The Morgan fingerprint density at radius 3 is 2.45 bits per heavy atom. The van der Waals surface area contributed by atoms with Gasteiger partial charge in [-0.05, 0) is 42.8 Å². The summed E-state index contributed by atoms with van der Waals surface area (Å²) in [7, 11) is 1.44. The van der Waals surface area contributed by atoms with E-state index in [1.54, 1.807) is 0 Å². The molecule has 5 nitrogen and oxygen atoms in total. The van der Waals surface area contributed by atoms with Crippen molar-refractivity contribution in [2.75, 3.05) is 0 Å². The number of rotatable bonds is 4. The molecular weight excluding hydrogens is 401 g/mol. The molecule has 0 radical (unpaired) electrons. The maximum absolute atomic E-state index is 13.1. The zero-order valence-electron chi connectivity index (χ0n) is 15.6. The number of nitrogens with one attached hydrogen (secondary N) is 1. The van der Waals surface area contributed by atoms with Crippen LogP contribution in [-0.2, 0) is 13.2 Å². The highest BCUT2D eigenvalue weighted by Crippen LogP contribution is 2.37. The van der Waals surface area contributed by atoms with Crippen molar-refractivity contribution in [1.82, 2.24) is 19.7 Å². The smallest absolute Gasteiger partial charge is 0.345 e. The Hall–Kier alpha value is -3.07. The molecule has 0 bridgehead atoms. The van der Waals surface area contributed by atoms with Crippen LogP contribution >= 0.6 is 11.3 Å². The normalized spacial score (nSPS) is 13.0. The van der Waals surface area contributed by atoms with Crippen LogP contribution in [0, 0.1) is 0 Å². The van der Waals surface area contributed by atoms with Crippen LogP contribution in [0.3, 0.4) is 0 Å². The summed E-state index contributed by atoms with van der Waals surface area (Å²) in [6.45, 7) is 1.83. The molecule has 150 valence electrons. The van der Waals surface area contributed by atoms with E-state index < -0.39 is 17.8 Å². The van der Waals surface area contributed by atoms with Crippen LogP contribution in [0.4, 0.5) is 13.2 Å². The molecule has 29 heavy (non-hydrogen) atoms. The molecule has 0 fully saturated rings. The molecule has 3 aromatic heterocycles. The summed E-state index contributed by atoms with van der Waals surface area (Å²) < 4.78 is 42.5. The summed E-state index contributed by atoms with van der Waals surface area (Å²) >= 11 is 0.992. The first kappa shape index (κ1) is 19.3. The number of carbonyl (C=O) groups excluding carboxylic acids is 1. The van der Waals surface area contributed by atoms with Crippen LogP contribution in [0.2, 0.25) is 0 Å². The number of amides is 1. The molecule has 0 aliphatic heterocycles. The van der Waals surface area contributed by atoms with Gasteiger partial charge in [0, 0.05) is 30.5 Å². The van der Waals surface area contributed by atoms with Crippen LogP contribution in [0.5, 0.6) is 0 Å². The van der Waals surface area contributed by atoms with Crippen LogP contribution in [0.25, 0.3) is 15.9 Å². The van der Waals surface area contributed by atoms with Crippen molar-refractivity contribution in [2.45, 2.75) is 19.1 Å². The second-order valence-corrected chi connectivity index (χ2v) is 7.71. The van der Waals surface area contributed by atoms with Crippen LogP contribution in [0.15, 0.2) is 54.9 Å². The standard InChI is InChI=1S/C20H17F3N4OS/c1-12(13-5-7-14(8-6-13)27-9-3-4-10-27)24-18(28)16-11-15-17(20(21,22)23)25-26(2)19(15)29-16/h3-12H,1-2H3,(H,24,28)/t12-/m1/s1. The lowest BCUT2D eigenvalue weighted by molar-refractivity contribution is -0.140. The molecule has 0 unspecified atom stereocenters. The van der Waals surface area contributed by atoms with E-state index in [2.05, 4.69) is 10.4 Å². The van der Waals surface area contributed by atoms with Crippen molar-refractivity contribution in [1.29, 1.82) is 0 Å². The van der Waals surface area contributed by atoms with E-state index >= 15 is 0 Å². The Morgan fingerprint density at radius 2 is 1.83 bits per heavy atom. The first-order valence-corrected chi connectivity index (χ1v) is 9.63. The maximum Gasteiger partial charge on any atom is 0.435 e. The largest absolute Gasteiger partial charge is 0.435 e. The molecule has 3 heterocycles. The number of fused-ring (bicyclic) bond motifs is 1. The van der Waals surface area contributed by atoms with Gasteiger partial charge in [0.2, 0.25) is 0 Å². The van der Waals surface area contributed by atoms with E-state index in [1.165, 1.54) is 13.1 Å². The van der Waals surface area contributed by atoms with Gasteiger partial charge in [0.1, 0.15) is 4.83 Å². The Morgan fingerprint density at radius 1 is 1.17 bits per heavy atom. The Kier molecular flexibility index (Phi) is 4.70. The zero-order valence-corrected chi connectivity index (χ0v) is 16.4. The number of alkyl halides is 3. The number of hydrogen-bond acceptors (Lipinski definition) is 3. The van der Waals surface area contributed by atoms with Crippen LogP contribution < -0.4 is 5.32 Å². The minimum atomic E-state index is -4.57. The van der Waals surface area contributed by atoms with Crippen molar-refractivity contribution < 1.29 is 18.0 Å². The average Bonchev–Trinajstić information content (AvgIpc) is 3.39. The van der Waals surface area contributed by atoms with Gasteiger partial charge >= 0.3 is 6.18 Å². The van der Waals surface area contributed by atoms with Gasteiger partial charge in [0.15, 0.2) is 5.69 Å². The molecule has 1 N–H and O–H groups in total. The van der Waals surface area contributed by atoms with Gasteiger partial charge in [-0.25, -0.2) is 0 Å². The number of hydrogen-bond donors (Lipinski definition) is 1. The highest BCUT2D eigenvalue weighted by atomic mass is 32.1. The fourth-order valence-electron chi connectivity index (χ4n) is 3.15. The van der Waals surface area contributed by atoms with Crippen molar-refractivity contribution in [3.05, 3.63) is 71.0 Å². The maximum atomic E-state index is 13.1. The summed E-state index contributed by atoms with van der Waals surface area (Å²) in [5.41, 5.74) is 0.918.